The number of rotatable bonds is 5. The number of hydrazone groups is 1. The minimum atomic E-state index is -0.916. The molecule has 0 bridgehead atoms. The molecule has 0 aromatic heterocycles. The van der Waals surface area contributed by atoms with Crippen molar-refractivity contribution in [3.8, 4) is 5.75 Å². The molecule has 3 aromatic carbocycles. The third-order valence-corrected chi connectivity index (χ3v) is 4.57. The van der Waals surface area contributed by atoms with Crippen LogP contribution >= 0.6 is 15.9 Å². The van der Waals surface area contributed by atoms with Gasteiger partial charge in [-0.3, -0.25) is 9.59 Å². The molecule has 31 heavy (non-hydrogen) atoms. The number of anilines is 1. The molecule has 8 heteroatoms. The van der Waals surface area contributed by atoms with Gasteiger partial charge in [0.2, 0.25) is 0 Å². The Morgan fingerprint density at radius 3 is 2.35 bits per heavy atom. The van der Waals surface area contributed by atoms with Gasteiger partial charge in [-0.2, -0.15) is 5.10 Å². The number of nitrogens with one attached hydrogen (secondary N) is 2. The second-order valence-electron chi connectivity index (χ2n) is 6.49. The Morgan fingerprint density at radius 2 is 1.65 bits per heavy atom. The number of hydrogen-bond acceptors (Lipinski definition) is 5. The highest BCUT2D eigenvalue weighted by molar-refractivity contribution is 9.10. The van der Waals surface area contributed by atoms with E-state index in [4.69, 9.17) is 4.74 Å². The summed E-state index contributed by atoms with van der Waals surface area (Å²) in [4.78, 5) is 36.0. The minimum absolute atomic E-state index is 0.328. The van der Waals surface area contributed by atoms with Crippen LogP contribution in [0.25, 0.3) is 0 Å². The molecule has 0 unspecified atom stereocenters. The lowest BCUT2D eigenvalue weighted by Crippen LogP contribution is -2.32. The van der Waals surface area contributed by atoms with Crippen LogP contribution in [0.3, 0.4) is 0 Å². The molecule has 2 N–H and O–H groups in total. The van der Waals surface area contributed by atoms with Crippen LogP contribution < -0.4 is 15.5 Å². The van der Waals surface area contributed by atoms with Gasteiger partial charge in [-0.1, -0.05) is 45.8 Å². The third-order valence-electron chi connectivity index (χ3n) is 4.04. The summed E-state index contributed by atoms with van der Waals surface area (Å²) in [6.45, 7) is 1.93. The van der Waals surface area contributed by atoms with Gasteiger partial charge in [0, 0.05) is 10.2 Å². The van der Waals surface area contributed by atoms with E-state index in [1.165, 1.54) is 6.21 Å². The van der Waals surface area contributed by atoms with Crippen LogP contribution in [0.15, 0.2) is 82.4 Å². The summed E-state index contributed by atoms with van der Waals surface area (Å²) in [6.07, 6.45) is 1.34. The standard InChI is InChI=1S/C23H18BrN3O4/c1-15-5-7-17(8-6-15)23(30)31-20-4-2-3-16(13-20)14-25-27-22(29)21(28)26-19-11-9-18(24)10-12-19/h2-14H,1H3,(H,26,28)(H,27,29)/b25-14+. The zero-order valence-corrected chi connectivity index (χ0v) is 18.0. The molecule has 2 amide bonds. The Morgan fingerprint density at radius 1 is 0.935 bits per heavy atom. The fourth-order valence-corrected chi connectivity index (χ4v) is 2.72. The largest absolute Gasteiger partial charge is 0.423 e. The Balaban J connectivity index is 1.55. The monoisotopic (exact) mass is 479 g/mol. The van der Waals surface area contributed by atoms with Crippen molar-refractivity contribution in [3.63, 3.8) is 0 Å². The zero-order chi connectivity index (χ0) is 22.2. The van der Waals surface area contributed by atoms with E-state index in [9.17, 15) is 14.4 Å². The van der Waals surface area contributed by atoms with Crippen molar-refractivity contribution >= 4 is 45.6 Å². The first kappa shape index (κ1) is 21.9. The van der Waals surface area contributed by atoms with Gasteiger partial charge in [0.15, 0.2) is 0 Å². The number of benzene rings is 3. The number of carbonyl (C=O) groups is 3. The van der Waals surface area contributed by atoms with Gasteiger partial charge < -0.3 is 10.1 Å². The molecule has 0 aliphatic carbocycles. The summed E-state index contributed by atoms with van der Waals surface area (Å²) in [5.74, 6) is -1.91. The smallest absolute Gasteiger partial charge is 0.343 e. The molecule has 0 aliphatic heterocycles. The first-order chi connectivity index (χ1) is 14.9. The first-order valence-electron chi connectivity index (χ1n) is 9.19. The highest BCUT2D eigenvalue weighted by atomic mass is 79.9. The Labute approximate surface area is 187 Å². The van der Waals surface area contributed by atoms with Crippen molar-refractivity contribution in [1.82, 2.24) is 5.43 Å². The summed E-state index contributed by atoms with van der Waals surface area (Å²) in [7, 11) is 0. The van der Waals surface area contributed by atoms with E-state index in [0.29, 0.717) is 22.6 Å². The molecule has 156 valence electrons. The van der Waals surface area contributed by atoms with E-state index in [-0.39, 0.29) is 0 Å². The molecule has 7 nitrogen and oxygen atoms in total. The Kier molecular flexibility index (Phi) is 7.29. The average molecular weight is 480 g/mol. The molecular formula is C23H18BrN3O4. The first-order valence-corrected chi connectivity index (χ1v) is 9.99. The molecular weight excluding hydrogens is 462 g/mol. The highest BCUT2D eigenvalue weighted by Gasteiger charge is 2.13. The van der Waals surface area contributed by atoms with Gasteiger partial charge in [-0.05, 0) is 61.0 Å². The number of aryl methyl sites for hydroxylation is 1. The lowest BCUT2D eigenvalue weighted by atomic mass is 10.1. The summed E-state index contributed by atoms with van der Waals surface area (Å²) in [5.41, 5.74) is 4.69. The molecule has 0 heterocycles. The summed E-state index contributed by atoms with van der Waals surface area (Å²) < 4.78 is 6.22. The van der Waals surface area contributed by atoms with Gasteiger partial charge in [0.25, 0.3) is 0 Å². The van der Waals surface area contributed by atoms with E-state index in [2.05, 4.69) is 31.8 Å². The number of halogens is 1. The molecule has 0 spiro atoms. The Hall–Kier alpha value is -3.78. The van der Waals surface area contributed by atoms with Crippen molar-refractivity contribution in [2.45, 2.75) is 6.92 Å². The second kappa shape index (κ2) is 10.3. The number of ether oxygens (including phenoxy) is 1. The number of amides is 2. The van der Waals surface area contributed by atoms with Crippen molar-refractivity contribution in [2.24, 2.45) is 5.10 Å². The highest BCUT2D eigenvalue weighted by Crippen LogP contribution is 2.15. The van der Waals surface area contributed by atoms with Crippen LogP contribution in [0.4, 0.5) is 5.69 Å². The molecule has 3 aromatic rings. The summed E-state index contributed by atoms with van der Waals surface area (Å²) in [5, 5.41) is 6.24. The second-order valence-corrected chi connectivity index (χ2v) is 7.40. The fraction of sp³-hybridized carbons (Fsp3) is 0.0435. The molecule has 0 saturated heterocycles. The van der Waals surface area contributed by atoms with Gasteiger partial charge in [0.1, 0.15) is 5.75 Å². The van der Waals surface area contributed by atoms with Gasteiger partial charge >= 0.3 is 17.8 Å². The SMILES string of the molecule is Cc1ccc(C(=O)Oc2cccc(/C=N/NC(=O)C(=O)Nc3ccc(Br)cc3)c2)cc1. The topological polar surface area (TPSA) is 96.9 Å². The molecule has 0 fully saturated rings. The number of hydrogen-bond donors (Lipinski definition) is 2. The van der Waals surface area contributed by atoms with Gasteiger partial charge in [-0.25, -0.2) is 10.2 Å². The fourth-order valence-electron chi connectivity index (χ4n) is 2.45. The van der Waals surface area contributed by atoms with Crippen molar-refractivity contribution < 1.29 is 19.1 Å². The van der Waals surface area contributed by atoms with Crippen LogP contribution in [0.2, 0.25) is 0 Å². The summed E-state index contributed by atoms with van der Waals surface area (Å²) >= 11 is 3.29. The third kappa shape index (κ3) is 6.61. The number of carbonyl (C=O) groups excluding carboxylic acids is 3. The average Bonchev–Trinajstić information content (AvgIpc) is 2.76. The van der Waals surface area contributed by atoms with E-state index in [1.54, 1.807) is 60.7 Å². The van der Waals surface area contributed by atoms with E-state index >= 15 is 0 Å². The molecule has 0 saturated carbocycles. The lowest BCUT2D eigenvalue weighted by Gasteiger charge is -2.05. The van der Waals surface area contributed by atoms with E-state index < -0.39 is 17.8 Å². The van der Waals surface area contributed by atoms with Crippen molar-refractivity contribution in [1.29, 1.82) is 0 Å². The quantitative estimate of drug-likeness (QED) is 0.189. The molecule has 0 radical (unpaired) electrons. The summed E-state index contributed by atoms with van der Waals surface area (Å²) in [6, 6.07) is 20.4. The van der Waals surface area contributed by atoms with Gasteiger partial charge in [-0.15, -0.1) is 0 Å². The maximum absolute atomic E-state index is 12.2. The van der Waals surface area contributed by atoms with Crippen LogP contribution in [0.5, 0.6) is 5.75 Å². The van der Waals surface area contributed by atoms with E-state index in [0.717, 1.165) is 10.0 Å². The van der Waals surface area contributed by atoms with E-state index in [1.807, 2.05) is 19.1 Å². The van der Waals surface area contributed by atoms with Crippen LogP contribution in [-0.2, 0) is 9.59 Å². The zero-order valence-electron chi connectivity index (χ0n) is 16.5. The van der Waals surface area contributed by atoms with Crippen LogP contribution in [0, 0.1) is 6.92 Å². The maximum Gasteiger partial charge on any atom is 0.343 e. The Bertz CT molecular complexity index is 1130. The maximum atomic E-state index is 12.2. The lowest BCUT2D eigenvalue weighted by molar-refractivity contribution is -0.136. The predicted molar refractivity (Wildman–Crippen MR) is 121 cm³/mol. The molecule has 0 atom stereocenters. The van der Waals surface area contributed by atoms with Crippen LogP contribution in [0.1, 0.15) is 21.5 Å². The van der Waals surface area contributed by atoms with Crippen LogP contribution in [-0.4, -0.2) is 24.0 Å². The van der Waals surface area contributed by atoms with Crippen molar-refractivity contribution in [2.75, 3.05) is 5.32 Å². The normalized spacial score (nSPS) is 10.5. The minimum Gasteiger partial charge on any atom is -0.423 e. The molecule has 3 rings (SSSR count). The van der Waals surface area contributed by atoms with Gasteiger partial charge in [0.05, 0.1) is 11.8 Å². The van der Waals surface area contributed by atoms with Crippen molar-refractivity contribution in [3.05, 3.63) is 94.0 Å². The predicted octanol–water partition coefficient (Wildman–Crippen LogP) is 4.07. The number of esters is 1. The number of nitrogens with zero attached hydrogens (tertiary/aromatic N) is 1. The molecule has 0 aliphatic rings.